The molecule has 0 heterocycles. The topological polar surface area (TPSA) is 64.3 Å². The lowest BCUT2D eigenvalue weighted by Crippen LogP contribution is -2.14. The van der Waals surface area contributed by atoms with Gasteiger partial charge in [0.05, 0.1) is 17.7 Å². The van der Waals surface area contributed by atoms with Crippen LogP contribution < -0.4 is 15.8 Å². The molecule has 0 bridgehead atoms. The Kier molecular flexibility index (Phi) is 4.10. The van der Waals surface area contributed by atoms with Gasteiger partial charge in [0.1, 0.15) is 11.6 Å². The van der Waals surface area contributed by atoms with Gasteiger partial charge in [-0.3, -0.25) is 4.79 Å². The average Bonchev–Trinajstić information content (AvgIpc) is 2.42. The molecule has 0 fully saturated rings. The fourth-order valence-corrected chi connectivity index (χ4v) is 1.76. The van der Waals surface area contributed by atoms with E-state index in [2.05, 4.69) is 5.32 Å². The minimum Gasteiger partial charge on any atom is -0.497 e. The van der Waals surface area contributed by atoms with Crippen LogP contribution >= 0.6 is 11.6 Å². The summed E-state index contributed by atoms with van der Waals surface area (Å²) in [4.78, 5) is 12.0. The summed E-state index contributed by atoms with van der Waals surface area (Å²) in [6.45, 7) is 0. The van der Waals surface area contributed by atoms with Gasteiger partial charge < -0.3 is 15.8 Å². The summed E-state index contributed by atoms with van der Waals surface area (Å²) in [7, 11) is 1.50. The molecule has 3 N–H and O–H groups in total. The van der Waals surface area contributed by atoms with Crippen molar-refractivity contribution in [3.8, 4) is 5.75 Å². The van der Waals surface area contributed by atoms with E-state index in [1.165, 1.54) is 31.4 Å². The van der Waals surface area contributed by atoms with Crippen molar-refractivity contribution in [3.63, 3.8) is 0 Å². The molecule has 4 nitrogen and oxygen atoms in total. The van der Waals surface area contributed by atoms with E-state index in [1.807, 2.05) is 0 Å². The number of carbonyl (C=O) groups excluding carboxylic acids is 1. The molecule has 2 rings (SSSR count). The Morgan fingerprint density at radius 1 is 1.30 bits per heavy atom. The quantitative estimate of drug-likeness (QED) is 0.854. The van der Waals surface area contributed by atoms with Gasteiger partial charge in [-0.1, -0.05) is 11.6 Å². The standard InChI is InChI=1S/C14H12ClFN2O2/c1-20-9-3-4-10(13(17)7-9)14(19)18-8-2-5-11(15)12(16)6-8/h2-7H,17H2,1H3,(H,18,19). The lowest BCUT2D eigenvalue weighted by Gasteiger charge is -2.09. The average molecular weight is 295 g/mol. The summed E-state index contributed by atoms with van der Waals surface area (Å²) >= 11 is 5.57. The number of nitrogen functional groups attached to an aromatic ring is 1. The fourth-order valence-electron chi connectivity index (χ4n) is 1.65. The number of amides is 1. The van der Waals surface area contributed by atoms with E-state index >= 15 is 0 Å². The minimum atomic E-state index is -0.604. The monoisotopic (exact) mass is 294 g/mol. The van der Waals surface area contributed by atoms with Crippen molar-refractivity contribution >= 4 is 28.9 Å². The molecule has 0 aliphatic rings. The maximum atomic E-state index is 13.3. The Hall–Kier alpha value is -2.27. The summed E-state index contributed by atoms with van der Waals surface area (Å²) in [5, 5.41) is 2.54. The number of rotatable bonds is 3. The predicted molar refractivity (Wildman–Crippen MR) is 76.8 cm³/mol. The Morgan fingerprint density at radius 3 is 2.65 bits per heavy atom. The summed E-state index contributed by atoms with van der Waals surface area (Å²) in [5.41, 5.74) is 6.62. The fraction of sp³-hybridized carbons (Fsp3) is 0.0714. The lowest BCUT2D eigenvalue weighted by molar-refractivity contribution is 0.102. The zero-order valence-electron chi connectivity index (χ0n) is 10.6. The molecule has 0 saturated carbocycles. The summed E-state index contributed by atoms with van der Waals surface area (Å²) in [5.74, 6) is -0.490. The zero-order chi connectivity index (χ0) is 14.7. The van der Waals surface area contributed by atoms with E-state index in [-0.39, 0.29) is 16.3 Å². The second-order valence-corrected chi connectivity index (χ2v) is 4.44. The largest absolute Gasteiger partial charge is 0.497 e. The van der Waals surface area contributed by atoms with Gasteiger partial charge in [0.15, 0.2) is 0 Å². The van der Waals surface area contributed by atoms with Crippen LogP contribution in [0.15, 0.2) is 36.4 Å². The maximum absolute atomic E-state index is 13.3. The first-order chi connectivity index (χ1) is 9.51. The van der Waals surface area contributed by atoms with Crippen molar-refractivity contribution in [1.29, 1.82) is 0 Å². The number of benzene rings is 2. The highest BCUT2D eigenvalue weighted by molar-refractivity contribution is 6.30. The number of nitrogens with one attached hydrogen (secondary N) is 1. The molecule has 0 atom stereocenters. The lowest BCUT2D eigenvalue weighted by atomic mass is 10.1. The van der Waals surface area contributed by atoms with E-state index in [0.717, 1.165) is 6.07 Å². The van der Waals surface area contributed by atoms with Gasteiger partial charge in [-0.05, 0) is 30.3 Å². The van der Waals surface area contributed by atoms with E-state index in [9.17, 15) is 9.18 Å². The Morgan fingerprint density at radius 2 is 2.05 bits per heavy atom. The van der Waals surface area contributed by atoms with Crippen LogP contribution in [0.1, 0.15) is 10.4 Å². The first kappa shape index (κ1) is 14.1. The highest BCUT2D eigenvalue weighted by atomic mass is 35.5. The van der Waals surface area contributed by atoms with Gasteiger partial charge >= 0.3 is 0 Å². The molecular formula is C14H12ClFN2O2. The molecule has 2 aromatic rings. The van der Waals surface area contributed by atoms with Crippen molar-refractivity contribution < 1.29 is 13.9 Å². The summed E-state index contributed by atoms with van der Waals surface area (Å²) < 4.78 is 18.3. The highest BCUT2D eigenvalue weighted by Crippen LogP contribution is 2.22. The molecule has 0 aromatic heterocycles. The Labute approximate surface area is 120 Å². The molecule has 2 aromatic carbocycles. The van der Waals surface area contributed by atoms with Gasteiger partial charge in [0, 0.05) is 17.4 Å². The third kappa shape index (κ3) is 3.00. The van der Waals surface area contributed by atoms with Crippen LogP contribution in [0.25, 0.3) is 0 Å². The van der Waals surface area contributed by atoms with Crippen LogP contribution in [0, 0.1) is 5.82 Å². The molecule has 1 amide bonds. The van der Waals surface area contributed by atoms with Crippen molar-refractivity contribution in [2.24, 2.45) is 0 Å². The number of carbonyl (C=O) groups is 1. The molecule has 6 heteroatoms. The molecule has 0 aliphatic carbocycles. The van der Waals surface area contributed by atoms with Crippen molar-refractivity contribution in [3.05, 3.63) is 52.8 Å². The molecule has 0 saturated heterocycles. The Balaban J connectivity index is 2.21. The second-order valence-electron chi connectivity index (χ2n) is 4.04. The highest BCUT2D eigenvalue weighted by Gasteiger charge is 2.11. The van der Waals surface area contributed by atoms with Gasteiger partial charge in [0.2, 0.25) is 0 Å². The van der Waals surface area contributed by atoms with Gasteiger partial charge in [-0.2, -0.15) is 0 Å². The minimum absolute atomic E-state index is 0.00744. The van der Waals surface area contributed by atoms with Crippen LogP contribution in [0.3, 0.4) is 0 Å². The maximum Gasteiger partial charge on any atom is 0.257 e. The van der Waals surface area contributed by atoms with E-state index < -0.39 is 11.7 Å². The third-order valence-corrected chi connectivity index (χ3v) is 2.99. The number of hydrogen-bond donors (Lipinski definition) is 2. The van der Waals surface area contributed by atoms with E-state index in [0.29, 0.717) is 11.4 Å². The summed E-state index contributed by atoms with van der Waals surface area (Å²) in [6.07, 6.45) is 0. The first-order valence-corrected chi connectivity index (χ1v) is 6.09. The van der Waals surface area contributed by atoms with Crippen molar-refractivity contribution in [2.75, 3.05) is 18.2 Å². The van der Waals surface area contributed by atoms with Crippen LogP contribution in [-0.2, 0) is 0 Å². The van der Waals surface area contributed by atoms with E-state index in [4.69, 9.17) is 22.1 Å². The molecule has 104 valence electrons. The normalized spacial score (nSPS) is 10.2. The van der Waals surface area contributed by atoms with Gasteiger partial charge in [0.25, 0.3) is 5.91 Å². The number of nitrogens with two attached hydrogens (primary N) is 1. The SMILES string of the molecule is COc1ccc(C(=O)Nc2ccc(Cl)c(F)c2)c(N)c1. The molecule has 0 spiro atoms. The van der Waals surface area contributed by atoms with Gasteiger partial charge in [-0.25, -0.2) is 4.39 Å². The second kappa shape index (κ2) is 5.79. The number of ether oxygens (including phenoxy) is 1. The number of hydrogen-bond acceptors (Lipinski definition) is 3. The number of halogens is 2. The summed E-state index contributed by atoms with van der Waals surface area (Å²) in [6, 6.07) is 8.70. The molecule has 0 radical (unpaired) electrons. The number of anilines is 2. The van der Waals surface area contributed by atoms with E-state index in [1.54, 1.807) is 6.07 Å². The predicted octanol–water partition coefficient (Wildman–Crippen LogP) is 3.32. The van der Waals surface area contributed by atoms with Crippen LogP contribution in [0.5, 0.6) is 5.75 Å². The molecule has 0 unspecified atom stereocenters. The molecular weight excluding hydrogens is 283 g/mol. The third-order valence-electron chi connectivity index (χ3n) is 2.68. The van der Waals surface area contributed by atoms with Crippen LogP contribution in [0.2, 0.25) is 5.02 Å². The van der Waals surface area contributed by atoms with Crippen molar-refractivity contribution in [2.45, 2.75) is 0 Å². The molecule has 0 aliphatic heterocycles. The Bertz CT molecular complexity index is 662. The molecule has 20 heavy (non-hydrogen) atoms. The first-order valence-electron chi connectivity index (χ1n) is 5.71. The van der Waals surface area contributed by atoms with Crippen molar-refractivity contribution in [1.82, 2.24) is 0 Å². The zero-order valence-corrected chi connectivity index (χ0v) is 11.4. The van der Waals surface area contributed by atoms with Crippen LogP contribution in [-0.4, -0.2) is 13.0 Å². The number of methoxy groups -OCH3 is 1. The van der Waals surface area contributed by atoms with Crippen LogP contribution in [0.4, 0.5) is 15.8 Å². The van der Waals surface area contributed by atoms with Gasteiger partial charge in [-0.15, -0.1) is 0 Å². The smallest absolute Gasteiger partial charge is 0.257 e.